The number of benzene rings is 1. The Morgan fingerprint density at radius 1 is 1.25 bits per heavy atom. The van der Waals surface area contributed by atoms with Crippen molar-refractivity contribution in [2.45, 2.75) is 33.2 Å². The SMILES string of the molecule is CC(C)[C@@H](C)NC(=O)Cc1csc(-c2ccc3c(c2)OCCO3)n1. The zero-order valence-electron chi connectivity index (χ0n) is 14.2. The van der Waals surface area contributed by atoms with E-state index in [2.05, 4.69) is 24.1 Å². The molecule has 1 N–H and O–H groups in total. The molecule has 1 aliphatic heterocycles. The van der Waals surface area contributed by atoms with Crippen LogP contribution in [0, 0.1) is 5.92 Å². The van der Waals surface area contributed by atoms with Gasteiger partial charge in [-0.15, -0.1) is 11.3 Å². The van der Waals surface area contributed by atoms with Crippen molar-refractivity contribution < 1.29 is 14.3 Å². The lowest BCUT2D eigenvalue weighted by Crippen LogP contribution is -2.37. The minimum absolute atomic E-state index is 0.00947. The summed E-state index contributed by atoms with van der Waals surface area (Å²) in [6.07, 6.45) is 0.304. The first-order chi connectivity index (χ1) is 11.5. The number of hydrogen-bond donors (Lipinski definition) is 1. The van der Waals surface area contributed by atoms with Gasteiger partial charge in [-0.25, -0.2) is 4.98 Å². The number of thiazole rings is 1. The summed E-state index contributed by atoms with van der Waals surface area (Å²) >= 11 is 1.53. The monoisotopic (exact) mass is 346 g/mol. The van der Waals surface area contributed by atoms with E-state index in [4.69, 9.17) is 9.47 Å². The molecule has 2 heterocycles. The first kappa shape index (κ1) is 16.8. The third kappa shape index (κ3) is 3.87. The summed E-state index contributed by atoms with van der Waals surface area (Å²) in [5.74, 6) is 1.94. The lowest BCUT2D eigenvalue weighted by atomic mass is 10.1. The Balaban J connectivity index is 1.68. The van der Waals surface area contributed by atoms with Crippen LogP contribution in [0.15, 0.2) is 23.6 Å². The van der Waals surface area contributed by atoms with Crippen molar-refractivity contribution in [2.24, 2.45) is 5.92 Å². The molecule has 0 saturated carbocycles. The van der Waals surface area contributed by atoms with Crippen LogP contribution in [0.25, 0.3) is 10.6 Å². The number of nitrogens with one attached hydrogen (secondary N) is 1. The molecule has 0 aliphatic carbocycles. The molecule has 0 spiro atoms. The van der Waals surface area contributed by atoms with Crippen molar-refractivity contribution in [1.29, 1.82) is 0 Å². The fourth-order valence-corrected chi connectivity index (χ4v) is 3.15. The predicted molar refractivity (Wildman–Crippen MR) is 94.7 cm³/mol. The smallest absolute Gasteiger partial charge is 0.226 e. The maximum atomic E-state index is 12.1. The Bertz CT molecular complexity index is 727. The summed E-state index contributed by atoms with van der Waals surface area (Å²) < 4.78 is 11.1. The maximum absolute atomic E-state index is 12.1. The van der Waals surface area contributed by atoms with Crippen LogP contribution in [0.4, 0.5) is 0 Å². The van der Waals surface area contributed by atoms with Gasteiger partial charge in [0.2, 0.25) is 5.91 Å². The quantitative estimate of drug-likeness (QED) is 0.902. The molecule has 3 rings (SSSR count). The topological polar surface area (TPSA) is 60.5 Å². The molecule has 2 aromatic rings. The highest BCUT2D eigenvalue weighted by Gasteiger charge is 2.16. The van der Waals surface area contributed by atoms with E-state index in [1.165, 1.54) is 11.3 Å². The molecule has 0 radical (unpaired) electrons. The Hall–Kier alpha value is -2.08. The lowest BCUT2D eigenvalue weighted by Gasteiger charge is -2.18. The van der Waals surface area contributed by atoms with Gasteiger partial charge in [0, 0.05) is 17.0 Å². The molecular formula is C18H22N2O3S. The van der Waals surface area contributed by atoms with E-state index < -0.39 is 0 Å². The zero-order chi connectivity index (χ0) is 17.1. The summed E-state index contributed by atoms with van der Waals surface area (Å²) in [4.78, 5) is 16.7. The normalized spacial score (nSPS) is 14.5. The molecule has 0 unspecified atom stereocenters. The van der Waals surface area contributed by atoms with E-state index in [9.17, 15) is 4.79 Å². The van der Waals surface area contributed by atoms with Gasteiger partial charge in [-0.05, 0) is 31.0 Å². The summed E-state index contributed by atoms with van der Waals surface area (Å²) in [6, 6.07) is 5.98. The molecule has 1 aliphatic rings. The maximum Gasteiger partial charge on any atom is 0.226 e. The first-order valence-corrected chi connectivity index (χ1v) is 9.04. The Labute approximate surface area is 146 Å². The minimum atomic E-state index is 0.00947. The van der Waals surface area contributed by atoms with Gasteiger partial charge in [0.1, 0.15) is 18.2 Å². The van der Waals surface area contributed by atoms with E-state index in [0.29, 0.717) is 25.6 Å². The number of aromatic nitrogens is 1. The average Bonchev–Trinajstić information content (AvgIpc) is 3.02. The van der Waals surface area contributed by atoms with Crippen LogP contribution in [0.1, 0.15) is 26.5 Å². The van der Waals surface area contributed by atoms with Gasteiger partial charge in [-0.2, -0.15) is 0 Å². The van der Waals surface area contributed by atoms with Gasteiger partial charge in [-0.3, -0.25) is 4.79 Å². The number of nitrogens with zero attached hydrogens (tertiary/aromatic N) is 1. The van der Waals surface area contributed by atoms with Crippen molar-refractivity contribution in [1.82, 2.24) is 10.3 Å². The molecule has 0 saturated heterocycles. The molecule has 128 valence electrons. The van der Waals surface area contributed by atoms with Crippen LogP contribution in [-0.4, -0.2) is 30.1 Å². The number of carbonyl (C=O) groups excluding carboxylic acids is 1. The third-order valence-corrected chi connectivity index (χ3v) is 5.01. The standard InChI is InChI=1S/C18H22N2O3S/c1-11(2)12(3)19-17(21)9-14-10-24-18(20-14)13-4-5-15-16(8-13)23-7-6-22-15/h4-5,8,10-12H,6-7,9H2,1-3H3,(H,19,21)/t12-/m1/s1. The van der Waals surface area contributed by atoms with Crippen LogP contribution in [0.5, 0.6) is 11.5 Å². The Morgan fingerprint density at radius 2 is 2.00 bits per heavy atom. The number of ether oxygens (including phenoxy) is 2. The average molecular weight is 346 g/mol. The number of carbonyl (C=O) groups is 1. The van der Waals surface area contributed by atoms with Crippen LogP contribution < -0.4 is 14.8 Å². The van der Waals surface area contributed by atoms with E-state index in [0.717, 1.165) is 27.8 Å². The number of fused-ring (bicyclic) bond motifs is 1. The molecule has 24 heavy (non-hydrogen) atoms. The van der Waals surface area contributed by atoms with Gasteiger partial charge in [0.05, 0.1) is 12.1 Å². The zero-order valence-corrected chi connectivity index (χ0v) is 15.0. The van der Waals surface area contributed by atoms with Crippen molar-refractivity contribution >= 4 is 17.2 Å². The minimum Gasteiger partial charge on any atom is -0.486 e. The Morgan fingerprint density at radius 3 is 2.75 bits per heavy atom. The molecule has 1 atom stereocenters. The summed E-state index contributed by atoms with van der Waals surface area (Å²) in [5.41, 5.74) is 1.77. The first-order valence-electron chi connectivity index (χ1n) is 8.16. The van der Waals surface area contributed by atoms with E-state index >= 15 is 0 Å². The van der Waals surface area contributed by atoms with Gasteiger partial charge in [-0.1, -0.05) is 13.8 Å². The van der Waals surface area contributed by atoms with Crippen LogP contribution in [0.3, 0.4) is 0 Å². The molecule has 1 aromatic heterocycles. The second-order valence-corrected chi connectivity index (χ2v) is 7.14. The third-order valence-electron chi connectivity index (χ3n) is 4.07. The molecule has 5 nitrogen and oxygen atoms in total. The largest absolute Gasteiger partial charge is 0.486 e. The predicted octanol–water partition coefficient (Wildman–Crippen LogP) is 3.28. The van der Waals surface area contributed by atoms with Gasteiger partial charge < -0.3 is 14.8 Å². The van der Waals surface area contributed by atoms with Gasteiger partial charge in [0.25, 0.3) is 0 Å². The molecule has 1 amide bonds. The molecule has 0 bridgehead atoms. The highest BCUT2D eigenvalue weighted by Crippen LogP contribution is 2.35. The van der Waals surface area contributed by atoms with Crippen LogP contribution >= 0.6 is 11.3 Å². The van der Waals surface area contributed by atoms with Crippen LogP contribution in [-0.2, 0) is 11.2 Å². The fourth-order valence-electron chi connectivity index (χ4n) is 2.33. The number of rotatable bonds is 5. The highest BCUT2D eigenvalue weighted by atomic mass is 32.1. The van der Waals surface area contributed by atoms with Crippen molar-refractivity contribution in [2.75, 3.05) is 13.2 Å². The fraction of sp³-hybridized carbons (Fsp3) is 0.444. The Kier molecular flexibility index (Phi) is 5.04. The lowest BCUT2D eigenvalue weighted by molar-refractivity contribution is -0.121. The summed E-state index contributed by atoms with van der Waals surface area (Å²) in [6.45, 7) is 7.34. The second kappa shape index (κ2) is 7.21. The van der Waals surface area contributed by atoms with Crippen molar-refractivity contribution in [3.8, 4) is 22.1 Å². The molecule has 1 aromatic carbocycles. The van der Waals surface area contributed by atoms with Crippen molar-refractivity contribution in [3.63, 3.8) is 0 Å². The van der Waals surface area contributed by atoms with E-state index in [1.807, 2.05) is 30.5 Å². The van der Waals surface area contributed by atoms with Gasteiger partial charge in [0.15, 0.2) is 11.5 Å². The molecular weight excluding hydrogens is 324 g/mol. The second-order valence-electron chi connectivity index (χ2n) is 6.28. The van der Waals surface area contributed by atoms with Gasteiger partial charge >= 0.3 is 0 Å². The van der Waals surface area contributed by atoms with Crippen molar-refractivity contribution in [3.05, 3.63) is 29.3 Å². The number of amides is 1. The number of hydrogen-bond acceptors (Lipinski definition) is 5. The summed E-state index contributed by atoms with van der Waals surface area (Å²) in [7, 11) is 0. The highest BCUT2D eigenvalue weighted by molar-refractivity contribution is 7.13. The van der Waals surface area contributed by atoms with E-state index in [1.54, 1.807) is 0 Å². The summed E-state index contributed by atoms with van der Waals surface area (Å²) in [5, 5.41) is 5.82. The van der Waals surface area contributed by atoms with Crippen LogP contribution in [0.2, 0.25) is 0 Å². The van der Waals surface area contributed by atoms with E-state index in [-0.39, 0.29) is 11.9 Å². The molecule has 0 fully saturated rings. The molecule has 6 heteroatoms.